The summed E-state index contributed by atoms with van der Waals surface area (Å²) in [5.74, 6) is -8.36. The molecule has 540 valence electrons. The number of amides is 9. The molecule has 0 bridgehead atoms. The number of nitrogens with one attached hydrogen (secondary N) is 3. The topological polar surface area (TPSA) is 281 Å². The molecule has 3 aliphatic heterocycles. The first kappa shape index (κ1) is 78.8. The summed E-state index contributed by atoms with van der Waals surface area (Å²) in [6, 6.07) is 9.86. The highest BCUT2D eigenvalue weighted by molar-refractivity contribution is 5.99. The van der Waals surface area contributed by atoms with Crippen LogP contribution in [-0.4, -0.2) is 225 Å². The van der Waals surface area contributed by atoms with Gasteiger partial charge in [-0.05, 0) is 113 Å². The number of fused-ring (bicyclic) bond motifs is 1. The molecular formula is C74H111N11O13. The van der Waals surface area contributed by atoms with Gasteiger partial charge in [-0.25, -0.2) is 14.6 Å². The van der Waals surface area contributed by atoms with Gasteiger partial charge in [-0.3, -0.25) is 38.4 Å². The van der Waals surface area contributed by atoms with E-state index in [1.165, 1.54) is 61.6 Å². The fraction of sp³-hybridized carbons (Fsp3) is 0.635. The third-order valence-electron chi connectivity index (χ3n) is 19.2. The van der Waals surface area contributed by atoms with Crippen LogP contribution in [0.2, 0.25) is 0 Å². The van der Waals surface area contributed by atoms with E-state index >= 15 is 28.8 Å². The molecular weight excluding hydrogens is 1250 g/mol. The van der Waals surface area contributed by atoms with Crippen LogP contribution in [0.25, 0.3) is 11.1 Å². The van der Waals surface area contributed by atoms with E-state index in [1.54, 1.807) is 83.8 Å². The number of benzene rings is 2. The number of piperazine rings is 1. The highest BCUT2D eigenvalue weighted by Gasteiger charge is 2.48. The Morgan fingerprint density at radius 1 is 0.612 bits per heavy atom. The third kappa shape index (κ3) is 19.8. The van der Waals surface area contributed by atoms with E-state index in [9.17, 15) is 24.3 Å². The van der Waals surface area contributed by atoms with Gasteiger partial charge in [-0.1, -0.05) is 130 Å². The maximum absolute atomic E-state index is 15.9. The highest BCUT2D eigenvalue weighted by Crippen LogP contribution is 2.30. The molecule has 3 aliphatic rings. The number of aromatic nitrogens is 1. The Hall–Kier alpha value is -8.15. The van der Waals surface area contributed by atoms with Crippen molar-refractivity contribution in [3.63, 3.8) is 0 Å². The molecule has 3 saturated heterocycles. The van der Waals surface area contributed by atoms with Gasteiger partial charge in [0.2, 0.25) is 41.4 Å². The number of rotatable bonds is 15. The van der Waals surface area contributed by atoms with Crippen LogP contribution in [0.4, 0.5) is 10.6 Å². The number of likely N-dealkylation sites (N-methyl/N-ethyl adjacent to an activating group) is 4. The van der Waals surface area contributed by atoms with Gasteiger partial charge < -0.3 is 64.8 Å². The van der Waals surface area contributed by atoms with Crippen molar-refractivity contribution in [2.24, 2.45) is 29.6 Å². The number of aliphatic hydroxyl groups is 1. The molecule has 0 unspecified atom stereocenters. The van der Waals surface area contributed by atoms with Gasteiger partial charge in [-0.15, -0.1) is 0 Å². The average molecular weight is 1360 g/mol. The fourth-order valence-electron chi connectivity index (χ4n) is 13.4. The summed E-state index contributed by atoms with van der Waals surface area (Å²) in [4.78, 5) is 165. The lowest BCUT2D eigenvalue weighted by atomic mass is 9.93. The normalized spacial score (nSPS) is 24.7. The molecule has 24 heteroatoms. The van der Waals surface area contributed by atoms with Gasteiger partial charge in [0.1, 0.15) is 53.7 Å². The first-order valence-corrected chi connectivity index (χ1v) is 34.9. The summed E-state index contributed by atoms with van der Waals surface area (Å²) in [7, 11) is 5.66. The lowest BCUT2D eigenvalue weighted by Gasteiger charge is -2.39. The minimum atomic E-state index is -2.00. The smallest absolute Gasteiger partial charge is 0.410 e. The quantitative estimate of drug-likeness (QED) is 0.118. The fourth-order valence-corrected chi connectivity index (χ4v) is 13.4. The van der Waals surface area contributed by atoms with Crippen LogP contribution in [0.15, 0.2) is 72.9 Å². The summed E-state index contributed by atoms with van der Waals surface area (Å²) in [6.07, 6.45) is 1.13. The van der Waals surface area contributed by atoms with Crippen molar-refractivity contribution in [1.29, 1.82) is 0 Å². The SMILES string of the molecule is CC[C@H](C)[C@@H]1NC(=O)[C@@H]2CCCN2C(=O)[C@H](Cc2cccc(-c3ccc(N4CCN(C(=O)OC(C)(C)C)CC4)nc3)c2)N(C)C(=O)[C@H](Cc2ccccc2)NC(=O)[C@H](C(C)C)N(C)C(=O)[C@@H]([C@@H](C)CC)OC(=O)[C@H](C(C)(C)O)N(C)C(=O)[C@H](CC(C)C)NC(=O)[C@H](C(C)C)N(C)C1=O. The number of carbonyl (C=O) groups is 10. The number of nitrogens with zero attached hydrogens (tertiary/aromatic N) is 8. The van der Waals surface area contributed by atoms with Crippen LogP contribution in [-0.2, 0) is 65.5 Å². The van der Waals surface area contributed by atoms with Crippen molar-refractivity contribution in [2.45, 2.75) is 214 Å². The van der Waals surface area contributed by atoms with Crippen LogP contribution >= 0.6 is 0 Å². The highest BCUT2D eigenvalue weighted by atomic mass is 16.6. The monoisotopic (exact) mass is 1360 g/mol. The Labute approximate surface area is 580 Å². The molecule has 3 fully saturated rings. The lowest BCUT2D eigenvalue weighted by Crippen LogP contribution is -2.63. The summed E-state index contributed by atoms with van der Waals surface area (Å²) in [6.45, 7) is 28.1. The zero-order chi connectivity index (χ0) is 73.0. The van der Waals surface area contributed by atoms with E-state index in [0.717, 1.165) is 21.8 Å². The maximum Gasteiger partial charge on any atom is 0.410 e. The van der Waals surface area contributed by atoms with Gasteiger partial charge in [0.15, 0.2) is 12.1 Å². The van der Waals surface area contributed by atoms with Crippen LogP contribution in [0.1, 0.15) is 147 Å². The van der Waals surface area contributed by atoms with Gasteiger partial charge in [-0.2, -0.15) is 0 Å². The van der Waals surface area contributed by atoms with Crippen molar-refractivity contribution in [3.8, 4) is 11.1 Å². The molecule has 2 aromatic carbocycles. The van der Waals surface area contributed by atoms with E-state index in [0.29, 0.717) is 56.6 Å². The number of hydrogen-bond donors (Lipinski definition) is 4. The predicted octanol–water partition coefficient (Wildman–Crippen LogP) is 6.49. The molecule has 98 heavy (non-hydrogen) atoms. The first-order chi connectivity index (χ1) is 45.9. The minimum absolute atomic E-state index is 0.0558. The van der Waals surface area contributed by atoms with Crippen molar-refractivity contribution in [1.82, 2.24) is 50.3 Å². The molecule has 9 amide bonds. The molecule has 4 N–H and O–H groups in total. The Balaban J connectivity index is 1.48. The molecule has 1 aromatic heterocycles. The number of anilines is 1. The average Bonchev–Trinajstić information content (AvgIpc) is 1.27. The van der Waals surface area contributed by atoms with Gasteiger partial charge in [0, 0.05) is 91.4 Å². The standard InChI is InChI=1S/C74H111N11O13/c1-20-47(9)58-69(92)80(17)59(45(5)6)64(87)76-53(39-44(3)4)67(90)82(19)62(74(14,15)96)71(94)97-61(48(10)21-2)70(93)81(18)60(46(7)8)65(88)77-54(41-49-27-23-22-24-28-49)66(89)79(16)56(68(91)85-34-26-31-55(85)63(86)78-58)42-50-29-25-30-51(40-50)52-32-33-57(75-43-52)83-35-37-84(38-36-83)72(95)98-73(11,12)13/h22-25,27-30,32-33,40,43-48,53-56,58-62,96H,20-21,26,31,34-39,41-42H2,1-19H3,(H,76,87)(H,77,88)(H,78,86)/t47-,48-,53-,54-,55-,56-,58-,59-,60-,61+,62+/m0/s1. The number of carbonyl (C=O) groups excluding carboxylic acids is 10. The molecule has 0 saturated carbocycles. The lowest BCUT2D eigenvalue weighted by molar-refractivity contribution is -0.177. The molecule has 0 spiro atoms. The Morgan fingerprint density at radius 3 is 1.72 bits per heavy atom. The summed E-state index contributed by atoms with van der Waals surface area (Å²) in [5, 5.41) is 20.7. The van der Waals surface area contributed by atoms with Crippen LogP contribution in [0.5, 0.6) is 0 Å². The first-order valence-electron chi connectivity index (χ1n) is 34.9. The molecule has 4 heterocycles. The number of cyclic esters (lactones) is 1. The molecule has 11 atom stereocenters. The molecule has 6 rings (SSSR count). The van der Waals surface area contributed by atoms with E-state index < -0.39 is 143 Å². The minimum Gasteiger partial charge on any atom is -0.450 e. The molecule has 3 aromatic rings. The molecule has 24 nitrogen and oxygen atoms in total. The number of hydrogen-bond acceptors (Lipinski definition) is 15. The van der Waals surface area contributed by atoms with Crippen molar-refractivity contribution < 1.29 is 62.5 Å². The van der Waals surface area contributed by atoms with E-state index in [-0.39, 0.29) is 44.2 Å². The van der Waals surface area contributed by atoms with Crippen LogP contribution < -0.4 is 20.9 Å². The van der Waals surface area contributed by atoms with Crippen molar-refractivity contribution in [3.05, 3.63) is 84.1 Å². The summed E-state index contributed by atoms with van der Waals surface area (Å²) < 4.78 is 11.8. The number of ether oxygens (including phenoxy) is 2. The number of pyridine rings is 1. The zero-order valence-corrected chi connectivity index (χ0v) is 61.4. The van der Waals surface area contributed by atoms with Crippen LogP contribution in [0.3, 0.4) is 0 Å². The second-order valence-electron chi connectivity index (χ2n) is 29.8. The number of esters is 1. The second-order valence-corrected chi connectivity index (χ2v) is 29.8. The zero-order valence-electron chi connectivity index (χ0n) is 61.4. The summed E-state index contributed by atoms with van der Waals surface area (Å²) in [5.41, 5.74) is 0.216. The Bertz CT molecular complexity index is 3270. The molecule has 0 radical (unpaired) electrons. The Morgan fingerprint density at radius 2 is 1.18 bits per heavy atom. The van der Waals surface area contributed by atoms with Crippen molar-refractivity contribution >= 4 is 65.1 Å². The van der Waals surface area contributed by atoms with Crippen molar-refractivity contribution in [2.75, 3.05) is 65.8 Å². The largest absolute Gasteiger partial charge is 0.450 e. The van der Waals surface area contributed by atoms with Gasteiger partial charge >= 0.3 is 12.1 Å². The van der Waals surface area contributed by atoms with E-state index in [4.69, 9.17) is 14.5 Å². The molecule has 0 aliphatic carbocycles. The van der Waals surface area contributed by atoms with E-state index in [2.05, 4.69) is 20.9 Å². The van der Waals surface area contributed by atoms with Gasteiger partial charge in [0.05, 0.1) is 5.60 Å². The predicted molar refractivity (Wildman–Crippen MR) is 375 cm³/mol. The van der Waals surface area contributed by atoms with Gasteiger partial charge in [0.25, 0.3) is 5.91 Å². The third-order valence-corrected chi connectivity index (χ3v) is 19.2. The maximum atomic E-state index is 15.9. The van der Waals surface area contributed by atoms with Crippen LogP contribution in [0, 0.1) is 29.6 Å². The Kier molecular flexibility index (Phi) is 27.4. The summed E-state index contributed by atoms with van der Waals surface area (Å²) >= 11 is 0. The van der Waals surface area contributed by atoms with E-state index in [1.807, 2.05) is 84.0 Å². The second kappa shape index (κ2) is 34.1.